The third-order valence-corrected chi connectivity index (χ3v) is 6.31. The number of aryl methyl sites for hydroxylation is 3. The molecule has 0 saturated carbocycles. The molecule has 0 aliphatic heterocycles. The van der Waals surface area contributed by atoms with Crippen LogP contribution in [0.3, 0.4) is 0 Å². The fourth-order valence-electron chi connectivity index (χ4n) is 3.60. The van der Waals surface area contributed by atoms with Crippen molar-refractivity contribution in [1.82, 2.24) is 14.8 Å². The van der Waals surface area contributed by atoms with Gasteiger partial charge in [-0.3, -0.25) is 9.82 Å². The lowest BCUT2D eigenvalue weighted by atomic mass is 10.1. The van der Waals surface area contributed by atoms with Crippen LogP contribution in [0.5, 0.6) is 0 Å². The number of para-hydroxylation sites is 1. The average Bonchev–Trinajstić information content (AvgIpc) is 3.11. The van der Waals surface area contributed by atoms with E-state index in [1.807, 2.05) is 24.3 Å². The predicted octanol–water partition coefficient (Wildman–Crippen LogP) is 3.96. The number of sulfonamides is 1. The molecule has 7 heteroatoms. The molecule has 2 aromatic carbocycles. The summed E-state index contributed by atoms with van der Waals surface area (Å²) < 4.78 is 30.5. The van der Waals surface area contributed by atoms with Crippen molar-refractivity contribution in [2.24, 2.45) is 0 Å². The molecule has 134 valence electrons. The lowest BCUT2D eigenvalue weighted by molar-refractivity contribution is 0.600. The molecule has 6 nitrogen and oxygen atoms in total. The number of hydrogen-bond donors (Lipinski definition) is 2. The average molecular weight is 368 g/mol. The van der Waals surface area contributed by atoms with Gasteiger partial charge in [0.15, 0.2) is 0 Å². The van der Waals surface area contributed by atoms with Crippen molar-refractivity contribution < 1.29 is 8.42 Å². The normalized spacial score (nSPS) is 12.1. The summed E-state index contributed by atoms with van der Waals surface area (Å²) >= 11 is 0. The Labute approximate surface area is 151 Å². The van der Waals surface area contributed by atoms with E-state index in [-0.39, 0.29) is 4.90 Å². The molecule has 0 aliphatic rings. The largest absolute Gasteiger partial charge is 0.341 e. The second-order valence-corrected chi connectivity index (χ2v) is 7.98. The molecule has 0 fully saturated rings. The van der Waals surface area contributed by atoms with Crippen molar-refractivity contribution in [3.05, 3.63) is 53.9 Å². The maximum Gasteiger partial charge on any atom is 0.265 e. The van der Waals surface area contributed by atoms with Gasteiger partial charge in [-0.2, -0.15) is 5.10 Å². The van der Waals surface area contributed by atoms with Crippen LogP contribution < -0.4 is 4.72 Å². The van der Waals surface area contributed by atoms with E-state index in [0.717, 1.165) is 28.4 Å². The van der Waals surface area contributed by atoms with Gasteiger partial charge in [-0.1, -0.05) is 18.2 Å². The summed E-state index contributed by atoms with van der Waals surface area (Å²) in [5.41, 5.74) is 3.76. The molecule has 2 N–H and O–H groups in total. The van der Waals surface area contributed by atoms with Gasteiger partial charge in [0.1, 0.15) is 4.90 Å². The number of aromatic nitrogens is 3. The zero-order chi connectivity index (χ0) is 18.5. The van der Waals surface area contributed by atoms with E-state index in [9.17, 15) is 8.42 Å². The first-order chi connectivity index (χ1) is 12.4. The van der Waals surface area contributed by atoms with Crippen LogP contribution in [-0.4, -0.2) is 23.2 Å². The predicted molar refractivity (Wildman–Crippen MR) is 104 cm³/mol. The topological polar surface area (TPSA) is 79.8 Å². The Kier molecular flexibility index (Phi) is 3.77. The van der Waals surface area contributed by atoms with Gasteiger partial charge in [0.25, 0.3) is 10.0 Å². The molecule has 4 aromatic rings. The summed E-state index contributed by atoms with van der Waals surface area (Å²) in [4.78, 5) is 0.202. The molecular formula is C19H20N4O2S. The van der Waals surface area contributed by atoms with E-state index in [2.05, 4.69) is 38.5 Å². The van der Waals surface area contributed by atoms with E-state index in [1.165, 1.54) is 0 Å². The summed E-state index contributed by atoms with van der Waals surface area (Å²) in [6, 6.07) is 13.8. The molecule has 26 heavy (non-hydrogen) atoms. The Morgan fingerprint density at radius 3 is 2.50 bits per heavy atom. The van der Waals surface area contributed by atoms with Crippen LogP contribution in [0.2, 0.25) is 0 Å². The number of rotatable bonds is 4. The number of benzene rings is 2. The van der Waals surface area contributed by atoms with Gasteiger partial charge >= 0.3 is 0 Å². The first-order valence-corrected chi connectivity index (χ1v) is 9.96. The molecule has 0 unspecified atom stereocenters. The smallest absolute Gasteiger partial charge is 0.265 e. The van der Waals surface area contributed by atoms with Crippen LogP contribution in [-0.2, 0) is 16.6 Å². The first kappa shape index (κ1) is 16.7. The van der Waals surface area contributed by atoms with Gasteiger partial charge in [-0.15, -0.1) is 0 Å². The van der Waals surface area contributed by atoms with Crippen molar-refractivity contribution in [2.75, 3.05) is 4.72 Å². The molecule has 4 rings (SSSR count). The number of anilines is 1. The van der Waals surface area contributed by atoms with Crippen LogP contribution in [0, 0.1) is 13.8 Å². The van der Waals surface area contributed by atoms with E-state index >= 15 is 0 Å². The maximum atomic E-state index is 12.8. The number of aromatic amines is 1. The Bertz CT molecular complexity index is 1220. The van der Waals surface area contributed by atoms with Crippen molar-refractivity contribution in [2.45, 2.75) is 32.2 Å². The fourth-order valence-corrected chi connectivity index (χ4v) is 5.02. The number of hydrogen-bond acceptors (Lipinski definition) is 3. The first-order valence-electron chi connectivity index (χ1n) is 8.47. The van der Waals surface area contributed by atoms with E-state index in [1.54, 1.807) is 19.9 Å². The van der Waals surface area contributed by atoms with Crippen molar-refractivity contribution in [3.8, 4) is 0 Å². The van der Waals surface area contributed by atoms with Gasteiger partial charge < -0.3 is 4.57 Å². The highest BCUT2D eigenvalue weighted by atomic mass is 32.2. The summed E-state index contributed by atoms with van der Waals surface area (Å²) in [5, 5.41) is 8.85. The van der Waals surface area contributed by atoms with Crippen LogP contribution in [0.15, 0.2) is 47.4 Å². The number of H-pyrrole nitrogens is 1. The lowest BCUT2D eigenvalue weighted by Gasteiger charge is -2.09. The molecule has 0 aliphatic carbocycles. The molecule has 0 spiro atoms. The minimum Gasteiger partial charge on any atom is -0.341 e. The standard InChI is InChI=1S/C19H20N4O2S/c1-4-23-17-8-6-5-7-15(17)16-11-14(9-10-18(16)23)22-26(24,25)19-12(2)20-21-13(19)3/h5-11,22H,4H2,1-3H3,(H,20,21). The minimum absolute atomic E-state index is 0.202. The summed E-state index contributed by atoms with van der Waals surface area (Å²) in [6.07, 6.45) is 0. The minimum atomic E-state index is -3.70. The number of nitrogens with zero attached hydrogens (tertiary/aromatic N) is 2. The van der Waals surface area contributed by atoms with Gasteiger partial charge in [0, 0.05) is 34.0 Å². The van der Waals surface area contributed by atoms with Crippen LogP contribution in [0.25, 0.3) is 21.8 Å². The second kappa shape index (κ2) is 5.88. The zero-order valence-corrected chi connectivity index (χ0v) is 15.7. The Hall–Kier alpha value is -2.80. The molecule has 0 bridgehead atoms. The highest BCUT2D eigenvalue weighted by Gasteiger charge is 2.22. The molecule has 2 aromatic heterocycles. The summed E-state index contributed by atoms with van der Waals surface area (Å²) in [7, 11) is -3.70. The van der Waals surface area contributed by atoms with Crippen molar-refractivity contribution in [1.29, 1.82) is 0 Å². The fraction of sp³-hybridized carbons (Fsp3) is 0.211. The molecule has 0 saturated heterocycles. The third-order valence-electron chi connectivity index (χ3n) is 4.67. The SMILES string of the molecule is CCn1c2ccccc2c2cc(NS(=O)(=O)c3c(C)n[nH]c3C)ccc21. The number of fused-ring (bicyclic) bond motifs is 3. The third kappa shape index (κ3) is 2.47. The summed E-state index contributed by atoms with van der Waals surface area (Å²) in [6.45, 7) is 6.33. The van der Waals surface area contributed by atoms with Crippen LogP contribution in [0.4, 0.5) is 5.69 Å². The van der Waals surface area contributed by atoms with Gasteiger partial charge in [0.2, 0.25) is 0 Å². The molecule has 0 atom stereocenters. The monoisotopic (exact) mass is 368 g/mol. The van der Waals surface area contributed by atoms with Gasteiger partial charge in [0.05, 0.1) is 11.4 Å². The second-order valence-electron chi connectivity index (χ2n) is 6.36. The van der Waals surface area contributed by atoms with Crippen LogP contribution in [0.1, 0.15) is 18.3 Å². The molecule has 2 heterocycles. The van der Waals surface area contributed by atoms with Crippen LogP contribution >= 0.6 is 0 Å². The Morgan fingerprint density at radius 2 is 1.81 bits per heavy atom. The highest BCUT2D eigenvalue weighted by molar-refractivity contribution is 7.92. The van der Waals surface area contributed by atoms with Gasteiger partial charge in [-0.25, -0.2) is 8.42 Å². The highest BCUT2D eigenvalue weighted by Crippen LogP contribution is 2.32. The Balaban J connectivity index is 1.85. The quantitative estimate of drug-likeness (QED) is 0.572. The van der Waals surface area contributed by atoms with Crippen molar-refractivity contribution >= 4 is 37.5 Å². The zero-order valence-electron chi connectivity index (χ0n) is 14.9. The van der Waals surface area contributed by atoms with Crippen molar-refractivity contribution in [3.63, 3.8) is 0 Å². The van der Waals surface area contributed by atoms with E-state index in [4.69, 9.17) is 0 Å². The number of nitrogens with one attached hydrogen (secondary N) is 2. The van der Waals surface area contributed by atoms with E-state index in [0.29, 0.717) is 17.1 Å². The van der Waals surface area contributed by atoms with Gasteiger partial charge in [-0.05, 0) is 45.0 Å². The Morgan fingerprint density at radius 1 is 1.08 bits per heavy atom. The molecular weight excluding hydrogens is 348 g/mol. The maximum absolute atomic E-state index is 12.8. The van der Waals surface area contributed by atoms with E-state index < -0.39 is 10.0 Å². The molecule has 0 radical (unpaired) electrons. The summed E-state index contributed by atoms with van der Waals surface area (Å²) in [5.74, 6) is 0. The molecule has 0 amide bonds. The lowest BCUT2D eigenvalue weighted by Crippen LogP contribution is -2.14.